The normalized spacial score (nSPS) is 13.9. The number of fused-ring (bicyclic) bond motifs is 6. The second kappa shape index (κ2) is 10.9. The Morgan fingerprint density at radius 2 is 1.36 bits per heavy atom. The monoisotopic (exact) mass is 579 g/mol. The number of hydrogen-bond donors (Lipinski definition) is 0. The van der Waals surface area contributed by atoms with Gasteiger partial charge in [0.25, 0.3) is 0 Å². The van der Waals surface area contributed by atoms with E-state index in [1.165, 1.54) is 44.1 Å². The maximum absolute atomic E-state index is 4.93. The van der Waals surface area contributed by atoms with Crippen molar-refractivity contribution in [1.82, 2.24) is 4.57 Å². The molecule has 0 aliphatic heterocycles. The standard InChI is InChI=1S/C42H33N3/c1-42(2)37-22-11-9-20-33(37)35-25-36-34-21-10-12-23-39(34)45(40(36)26-38(35)42)32-19-13-16-30(24-32)28-44-41(31-17-7-4-8-18-31)43-27-29-14-5-3-6-15-29/h3-26,28H,27H2,1-2H3/b43-41-,44-28+. The van der Waals surface area contributed by atoms with Gasteiger partial charge in [0.1, 0.15) is 0 Å². The van der Waals surface area contributed by atoms with E-state index in [1.54, 1.807) is 0 Å². The van der Waals surface area contributed by atoms with Gasteiger partial charge < -0.3 is 4.57 Å². The molecule has 45 heavy (non-hydrogen) atoms. The van der Waals surface area contributed by atoms with Crippen molar-refractivity contribution in [3.05, 3.63) is 173 Å². The molecule has 0 radical (unpaired) electrons. The fraction of sp³-hybridized carbons (Fsp3) is 0.0952. The summed E-state index contributed by atoms with van der Waals surface area (Å²) in [5, 5.41) is 2.53. The van der Waals surface area contributed by atoms with Crippen LogP contribution in [0.15, 0.2) is 156 Å². The Morgan fingerprint density at radius 1 is 0.622 bits per heavy atom. The van der Waals surface area contributed by atoms with Crippen LogP contribution in [-0.2, 0) is 12.0 Å². The van der Waals surface area contributed by atoms with Crippen molar-refractivity contribution >= 4 is 33.9 Å². The molecule has 1 aliphatic rings. The summed E-state index contributed by atoms with van der Waals surface area (Å²) in [6.45, 7) is 5.27. The fourth-order valence-electron chi connectivity index (χ4n) is 6.86. The first-order chi connectivity index (χ1) is 22.1. The molecule has 3 heteroatoms. The van der Waals surface area contributed by atoms with Gasteiger partial charge in [-0.2, -0.15) is 0 Å². The molecule has 216 valence electrons. The van der Waals surface area contributed by atoms with Crippen LogP contribution < -0.4 is 0 Å². The summed E-state index contributed by atoms with van der Waals surface area (Å²) in [6, 6.07) is 51.6. The fourth-order valence-corrected chi connectivity index (χ4v) is 6.86. The molecular weight excluding hydrogens is 546 g/mol. The molecule has 0 spiro atoms. The van der Waals surface area contributed by atoms with Crippen LogP contribution in [0.1, 0.15) is 41.7 Å². The van der Waals surface area contributed by atoms with Crippen molar-refractivity contribution in [3.63, 3.8) is 0 Å². The minimum atomic E-state index is -0.0666. The third-order valence-electron chi connectivity index (χ3n) is 9.13. The second-order valence-corrected chi connectivity index (χ2v) is 12.3. The molecule has 0 N–H and O–H groups in total. The van der Waals surface area contributed by atoms with Crippen molar-refractivity contribution in [1.29, 1.82) is 0 Å². The summed E-state index contributed by atoms with van der Waals surface area (Å²) in [5.41, 5.74) is 12.1. The topological polar surface area (TPSA) is 29.6 Å². The Kier molecular flexibility index (Phi) is 6.53. The van der Waals surface area contributed by atoms with E-state index < -0.39 is 0 Å². The Labute approximate surface area is 263 Å². The van der Waals surface area contributed by atoms with E-state index in [1.807, 2.05) is 42.6 Å². The van der Waals surface area contributed by atoms with E-state index in [0.29, 0.717) is 6.54 Å². The SMILES string of the molecule is CC1(C)c2ccccc2-c2cc3c4ccccc4n(-c4cccc(/C=N/C(=N\Cc5ccccc5)c5ccccc5)c4)c3cc21. The van der Waals surface area contributed by atoms with Crippen molar-refractivity contribution in [2.75, 3.05) is 0 Å². The smallest absolute Gasteiger partial charge is 0.154 e. The molecule has 0 unspecified atom stereocenters. The first-order valence-electron chi connectivity index (χ1n) is 15.5. The van der Waals surface area contributed by atoms with Gasteiger partial charge >= 0.3 is 0 Å². The number of para-hydroxylation sites is 1. The minimum Gasteiger partial charge on any atom is -0.309 e. The number of benzene rings is 6. The summed E-state index contributed by atoms with van der Waals surface area (Å²) in [6.07, 6.45) is 1.94. The van der Waals surface area contributed by atoms with Gasteiger partial charge in [-0.15, -0.1) is 0 Å². The van der Waals surface area contributed by atoms with E-state index in [0.717, 1.165) is 28.2 Å². The summed E-state index contributed by atoms with van der Waals surface area (Å²) >= 11 is 0. The third-order valence-corrected chi connectivity index (χ3v) is 9.13. The maximum atomic E-state index is 4.93. The molecule has 1 heterocycles. The molecule has 0 bridgehead atoms. The van der Waals surface area contributed by atoms with Crippen LogP contribution in [-0.4, -0.2) is 16.6 Å². The summed E-state index contributed by atoms with van der Waals surface area (Å²) in [7, 11) is 0. The van der Waals surface area contributed by atoms with Crippen LogP contribution in [0, 0.1) is 0 Å². The van der Waals surface area contributed by atoms with Crippen LogP contribution >= 0.6 is 0 Å². The largest absolute Gasteiger partial charge is 0.309 e. The number of nitrogens with zero attached hydrogens (tertiary/aromatic N) is 3. The maximum Gasteiger partial charge on any atom is 0.154 e. The Morgan fingerprint density at radius 3 is 2.20 bits per heavy atom. The van der Waals surface area contributed by atoms with Gasteiger partial charge in [-0.25, -0.2) is 4.99 Å². The van der Waals surface area contributed by atoms with Crippen molar-refractivity contribution in [2.45, 2.75) is 25.8 Å². The lowest BCUT2D eigenvalue weighted by Gasteiger charge is -2.21. The van der Waals surface area contributed by atoms with Gasteiger partial charge in [0.2, 0.25) is 0 Å². The quantitative estimate of drug-likeness (QED) is 0.143. The molecule has 6 aromatic carbocycles. The highest BCUT2D eigenvalue weighted by Gasteiger charge is 2.36. The average molecular weight is 580 g/mol. The van der Waals surface area contributed by atoms with Gasteiger partial charge in [0.05, 0.1) is 17.6 Å². The molecule has 0 atom stereocenters. The first-order valence-corrected chi connectivity index (χ1v) is 15.5. The lowest BCUT2D eigenvalue weighted by molar-refractivity contribution is 0.661. The Hall–Kier alpha value is -5.54. The zero-order chi connectivity index (χ0) is 30.4. The molecule has 1 aromatic heterocycles. The highest BCUT2D eigenvalue weighted by Crippen LogP contribution is 2.50. The first kappa shape index (κ1) is 27.0. The lowest BCUT2D eigenvalue weighted by atomic mass is 9.82. The zero-order valence-corrected chi connectivity index (χ0v) is 25.5. The van der Waals surface area contributed by atoms with Gasteiger partial charge in [-0.05, 0) is 63.7 Å². The average Bonchev–Trinajstić information content (AvgIpc) is 3.53. The predicted molar refractivity (Wildman–Crippen MR) is 189 cm³/mol. The molecule has 7 aromatic rings. The van der Waals surface area contributed by atoms with Gasteiger partial charge in [-0.3, -0.25) is 4.99 Å². The second-order valence-electron chi connectivity index (χ2n) is 12.3. The van der Waals surface area contributed by atoms with Crippen LogP contribution in [0.25, 0.3) is 38.6 Å². The highest BCUT2D eigenvalue weighted by atomic mass is 15.0. The molecular formula is C42H33N3. The van der Waals surface area contributed by atoms with E-state index in [2.05, 4.69) is 128 Å². The molecule has 0 amide bonds. The number of aliphatic imine (C=N–C) groups is 2. The zero-order valence-electron chi connectivity index (χ0n) is 25.5. The van der Waals surface area contributed by atoms with Crippen molar-refractivity contribution in [2.24, 2.45) is 9.98 Å². The van der Waals surface area contributed by atoms with Crippen LogP contribution in [0.5, 0.6) is 0 Å². The minimum absolute atomic E-state index is 0.0666. The van der Waals surface area contributed by atoms with E-state index >= 15 is 0 Å². The van der Waals surface area contributed by atoms with Crippen LogP contribution in [0.3, 0.4) is 0 Å². The number of aromatic nitrogens is 1. The number of rotatable bonds is 5. The summed E-state index contributed by atoms with van der Waals surface area (Å²) < 4.78 is 2.41. The summed E-state index contributed by atoms with van der Waals surface area (Å²) in [4.78, 5) is 9.84. The van der Waals surface area contributed by atoms with Crippen LogP contribution in [0.2, 0.25) is 0 Å². The van der Waals surface area contributed by atoms with E-state index in [-0.39, 0.29) is 5.41 Å². The predicted octanol–water partition coefficient (Wildman–Crippen LogP) is 10.2. The molecule has 3 nitrogen and oxygen atoms in total. The molecule has 1 aliphatic carbocycles. The van der Waals surface area contributed by atoms with Crippen molar-refractivity contribution in [3.8, 4) is 16.8 Å². The Balaban J connectivity index is 1.23. The third kappa shape index (κ3) is 4.69. The number of hydrogen-bond acceptors (Lipinski definition) is 1. The summed E-state index contributed by atoms with van der Waals surface area (Å²) in [5.74, 6) is 0.721. The van der Waals surface area contributed by atoms with Gasteiger partial charge in [0, 0.05) is 33.7 Å². The highest BCUT2D eigenvalue weighted by molar-refractivity contribution is 6.12. The molecule has 0 saturated heterocycles. The Bertz CT molecular complexity index is 2250. The van der Waals surface area contributed by atoms with Gasteiger partial charge in [-0.1, -0.05) is 129 Å². The van der Waals surface area contributed by atoms with E-state index in [4.69, 9.17) is 9.98 Å². The molecule has 8 rings (SSSR count). The lowest BCUT2D eigenvalue weighted by Crippen LogP contribution is -2.14. The van der Waals surface area contributed by atoms with Crippen LogP contribution in [0.4, 0.5) is 0 Å². The van der Waals surface area contributed by atoms with Gasteiger partial charge in [0.15, 0.2) is 5.84 Å². The number of amidine groups is 1. The van der Waals surface area contributed by atoms with Crippen molar-refractivity contribution < 1.29 is 0 Å². The molecule has 0 fully saturated rings. The van der Waals surface area contributed by atoms with E-state index in [9.17, 15) is 0 Å². The molecule has 0 saturated carbocycles.